The van der Waals surface area contributed by atoms with Crippen LogP contribution in [0.3, 0.4) is 0 Å². The number of aromatic amines is 1. The third-order valence-electron chi connectivity index (χ3n) is 2.67. The van der Waals surface area contributed by atoms with E-state index < -0.39 is 6.61 Å². The van der Waals surface area contributed by atoms with Gasteiger partial charge in [-0.15, -0.1) is 10.2 Å². The molecule has 2 aromatic rings. The highest BCUT2D eigenvalue weighted by Gasteiger charge is 2.06. The molecule has 0 aliphatic carbocycles. The van der Waals surface area contributed by atoms with E-state index in [9.17, 15) is 13.6 Å². The smallest absolute Gasteiger partial charge is 0.387 e. The zero-order valence-corrected chi connectivity index (χ0v) is 11.8. The van der Waals surface area contributed by atoms with Crippen LogP contribution in [0.1, 0.15) is 18.2 Å². The molecule has 0 unspecified atom stereocenters. The van der Waals surface area contributed by atoms with E-state index in [0.29, 0.717) is 11.3 Å². The van der Waals surface area contributed by atoms with Gasteiger partial charge in [0.1, 0.15) is 11.4 Å². The third-order valence-corrected chi connectivity index (χ3v) is 2.67. The van der Waals surface area contributed by atoms with Crippen LogP contribution in [0.15, 0.2) is 34.2 Å². The average Bonchev–Trinajstić information content (AvgIpc) is 2.48. The van der Waals surface area contributed by atoms with Crippen molar-refractivity contribution in [3.05, 3.63) is 45.9 Å². The van der Waals surface area contributed by atoms with Crippen molar-refractivity contribution >= 4 is 11.7 Å². The van der Waals surface area contributed by atoms with Crippen LogP contribution in [-0.4, -0.2) is 27.5 Å². The predicted molar refractivity (Wildman–Crippen MR) is 76.3 cm³/mol. The van der Waals surface area contributed by atoms with E-state index in [4.69, 9.17) is 0 Å². The number of alkyl halides is 2. The van der Waals surface area contributed by atoms with Crippen molar-refractivity contribution in [1.29, 1.82) is 0 Å². The molecule has 0 fully saturated rings. The van der Waals surface area contributed by atoms with E-state index in [1.807, 2.05) is 0 Å². The molecule has 116 valence electrons. The predicted octanol–water partition coefficient (Wildman–Crippen LogP) is 1.91. The maximum Gasteiger partial charge on any atom is 0.387 e. The minimum atomic E-state index is -2.89. The Labute approximate surface area is 124 Å². The second-order valence-corrected chi connectivity index (χ2v) is 4.30. The van der Waals surface area contributed by atoms with Gasteiger partial charge in [-0.05, 0) is 26.0 Å². The first kappa shape index (κ1) is 15.5. The number of aromatic nitrogens is 3. The fourth-order valence-electron chi connectivity index (χ4n) is 1.54. The number of rotatable bonds is 5. The number of benzene rings is 1. The summed E-state index contributed by atoms with van der Waals surface area (Å²) in [6, 6.07) is 6.09. The highest BCUT2D eigenvalue weighted by molar-refractivity contribution is 5.99. The quantitative estimate of drug-likeness (QED) is 0.650. The van der Waals surface area contributed by atoms with E-state index in [2.05, 4.69) is 30.4 Å². The van der Waals surface area contributed by atoms with E-state index in [1.54, 1.807) is 19.1 Å². The molecule has 22 heavy (non-hydrogen) atoms. The van der Waals surface area contributed by atoms with Gasteiger partial charge in [0.15, 0.2) is 0 Å². The molecule has 1 aromatic heterocycles. The van der Waals surface area contributed by atoms with Gasteiger partial charge < -0.3 is 4.74 Å². The zero-order chi connectivity index (χ0) is 16.1. The van der Waals surface area contributed by atoms with Crippen molar-refractivity contribution in [2.75, 3.05) is 5.43 Å². The number of anilines is 1. The summed E-state index contributed by atoms with van der Waals surface area (Å²) in [6.45, 7) is 0.297. The Morgan fingerprint density at radius 3 is 2.86 bits per heavy atom. The number of hydrogen-bond acceptors (Lipinski definition) is 6. The number of H-pyrrole nitrogens is 1. The number of ether oxygens (including phenoxy) is 1. The van der Waals surface area contributed by atoms with Crippen molar-refractivity contribution in [3.8, 4) is 5.75 Å². The molecule has 0 aliphatic heterocycles. The lowest BCUT2D eigenvalue weighted by Gasteiger charge is -2.07. The maximum absolute atomic E-state index is 12.2. The summed E-state index contributed by atoms with van der Waals surface area (Å²) in [6.07, 6.45) is 0. The molecule has 0 spiro atoms. The normalized spacial score (nSPS) is 11.6. The van der Waals surface area contributed by atoms with Gasteiger partial charge in [0.25, 0.3) is 5.56 Å². The molecule has 1 heterocycles. The highest BCUT2D eigenvalue weighted by Crippen LogP contribution is 2.16. The Morgan fingerprint density at radius 1 is 1.41 bits per heavy atom. The molecule has 0 amide bonds. The molecular formula is C13H13F2N5O2. The summed E-state index contributed by atoms with van der Waals surface area (Å²) in [5, 5.41) is 11.4. The summed E-state index contributed by atoms with van der Waals surface area (Å²) < 4.78 is 28.7. The monoisotopic (exact) mass is 309 g/mol. The second kappa shape index (κ2) is 6.74. The van der Waals surface area contributed by atoms with E-state index in [1.165, 1.54) is 19.1 Å². The number of aryl methyl sites for hydroxylation is 1. The van der Waals surface area contributed by atoms with Crippen LogP contribution in [0.25, 0.3) is 0 Å². The molecular weight excluding hydrogens is 296 g/mol. The van der Waals surface area contributed by atoms with Gasteiger partial charge in [-0.1, -0.05) is 12.1 Å². The molecule has 9 heteroatoms. The minimum Gasteiger partial charge on any atom is -0.435 e. The second-order valence-electron chi connectivity index (χ2n) is 4.30. The Balaban J connectivity index is 2.14. The topological polar surface area (TPSA) is 92.3 Å². The first-order valence-electron chi connectivity index (χ1n) is 6.25. The Hall–Kier alpha value is -2.84. The van der Waals surface area contributed by atoms with Gasteiger partial charge in [0.2, 0.25) is 5.95 Å². The number of hydrogen-bond donors (Lipinski definition) is 2. The van der Waals surface area contributed by atoms with Crippen molar-refractivity contribution in [1.82, 2.24) is 15.2 Å². The number of hydrazone groups is 1. The molecule has 0 atom stereocenters. The Morgan fingerprint density at radius 2 is 2.18 bits per heavy atom. The summed E-state index contributed by atoms with van der Waals surface area (Å²) in [7, 11) is 0. The zero-order valence-electron chi connectivity index (χ0n) is 11.8. The van der Waals surface area contributed by atoms with E-state index in [-0.39, 0.29) is 23.0 Å². The molecule has 0 radical (unpaired) electrons. The lowest BCUT2D eigenvalue weighted by molar-refractivity contribution is -0.0498. The molecule has 2 rings (SSSR count). The van der Waals surface area contributed by atoms with Gasteiger partial charge in [0.05, 0.1) is 5.71 Å². The van der Waals surface area contributed by atoms with Crippen molar-refractivity contribution in [2.24, 2.45) is 5.10 Å². The van der Waals surface area contributed by atoms with Gasteiger partial charge in [0, 0.05) is 5.56 Å². The molecule has 1 aromatic carbocycles. The van der Waals surface area contributed by atoms with Crippen LogP contribution < -0.4 is 15.7 Å². The van der Waals surface area contributed by atoms with Crippen LogP contribution in [0.4, 0.5) is 14.7 Å². The summed E-state index contributed by atoms with van der Waals surface area (Å²) >= 11 is 0. The van der Waals surface area contributed by atoms with Crippen LogP contribution >= 0.6 is 0 Å². The van der Waals surface area contributed by atoms with Crippen LogP contribution in [-0.2, 0) is 0 Å². The van der Waals surface area contributed by atoms with Crippen molar-refractivity contribution < 1.29 is 13.5 Å². The van der Waals surface area contributed by atoms with Crippen LogP contribution in [0, 0.1) is 6.92 Å². The summed E-state index contributed by atoms with van der Waals surface area (Å²) in [4.78, 5) is 13.8. The Bertz CT molecular complexity index is 745. The van der Waals surface area contributed by atoms with Crippen LogP contribution in [0.2, 0.25) is 0 Å². The Kier molecular flexibility index (Phi) is 4.77. The van der Waals surface area contributed by atoms with E-state index in [0.717, 1.165) is 0 Å². The van der Waals surface area contributed by atoms with Gasteiger partial charge in [-0.2, -0.15) is 13.9 Å². The first-order chi connectivity index (χ1) is 10.5. The molecule has 0 saturated heterocycles. The molecule has 0 saturated carbocycles. The van der Waals surface area contributed by atoms with Crippen LogP contribution in [0.5, 0.6) is 5.75 Å². The van der Waals surface area contributed by atoms with Crippen molar-refractivity contribution in [2.45, 2.75) is 20.5 Å². The van der Waals surface area contributed by atoms with Crippen molar-refractivity contribution in [3.63, 3.8) is 0 Å². The molecule has 0 bridgehead atoms. The summed E-state index contributed by atoms with van der Waals surface area (Å²) in [5.41, 5.74) is 3.47. The fraction of sp³-hybridized carbons (Fsp3) is 0.231. The standard InChI is InChI=1S/C13H13F2N5O2/c1-7(9-4-3-5-10(6-9)22-12(14)15)17-19-13-16-11(21)8(2)18-20-13/h3-6,12H,1-2H3,(H2,16,19,20,21)/b17-7-. The largest absolute Gasteiger partial charge is 0.435 e. The number of halogens is 2. The van der Waals surface area contributed by atoms with E-state index >= 15 is 0 Å². The molecule has 2 N–H and O–H groups in total. The number of nitrogens with zero attached hydrogens (tertiary/aromatic N) is 3. The van der Waals surface area contributed by atoms with Gasteiger partial charge in [-0.3, -0.25) is 9.78 Å². The van der Waals surface area contributed by atoms with Gasteiger partial charge >= 0.3 is 6.61 Å². The average molecular weight is 309 g/mol. The lowest BCUT2D eigenvalue weighted by Crippen LogP contribution is -2.16. The highest BCUT2D eigenvalue weighted by atomic mass is 19.3. The summed E-state index contributed by atoms with van der Waals surface area (Å²) in [5.74, 6) is 0.112. The lowest BCUT2D eigenvalue weighted by atomic mass is 10.1. The molecule has 7 nitrogen and oxygen atoms in total. The third kappa shape index (κ3) is 4.08. The maximum atomic E-state index is 12.2. The molecule has 0 aliphatic rings. The van der Waals surface area contributed by atoms with Gasteiger partial charge in [-0.25, -0.2) is 5.43 Å². The number of nitrogens with one attached hydrogen (secondary N) is 2. The first-order valence-corrected chi connectivity index (χ1v) is 6.25. The minimum absolute atomic E-state index is 0.0329. The SMILES string of the molecule is C/C(=N/Nc1nnc(C)c(=O)[nH]1)c1cccc(OC(F)F)c1. The fourth-order valence-corrected chi connectivity index (χ4v) is 1.54.